The Bertz CT molecular complexity index is 1200. The van der Waals surface area contributed by atoms with Crippen LogP contribution < -0.4 is 14.5 Å². The van der Waals surface area contributed by atoms with Crippen LogP contribution in [0.4, 0.5) is 11.4 Å². The minimum Gasteiger partial charge on any atom is -0.497 e. The number of hydrogen-bond donors (Lipinski definition) is 1. The van der Waals surface area contributed by atoms with Gasteiger partial charge in [-0.1, -0.05) is 41.9 Å². The number of aliphatic hydroxyl groups excluding tert-OH is 1. The summed E-state index contributed by atoms with van der Waals surface area (Å²) in [6.45, 7) is 5.42. The highest BCUT2D eigenvalue weighted by molar-refractivity contribution is 7.99. The molecule has 37 heavy (non-hydrogen) atoms. The largest absolute Gasteiger partial charge is 0.497 e. The summed E-state index contributed by atoms with van der Waals surface area (Å²) in [5.74, 6) is 0.459. The number of ether oxygens (including phenoxy) is 1. The Morgan fingerprint density at radius 1 is 0.973 bits per heavy atom. The maximum atomic E-state index is 13.6. The standard InChI is InChI=1S/C29H32ClN3O3S/c1-36-24-11-8-21(9-12-24)28-27(34)29(35)33(25-13-10-22(30)20-26(25)37-28)15-5-14-31-16-18-32(19-17-31)23-6-3-2-4-7-23/h2-4,6-13,20,27-28,34H,5,14-19H2,1H3/t27-,28+/m1/s1. The SMILES string of the molecule is COc1ccc([C@@H]2Sc3cc(Cl)ccc3N(CCCN3CCN(c4ccccc4)CC3)C(=O)[C@@H]2O)cc1. The van der Waals surface area contributed by atoms with Gasteiger partial charge in [-0.25, -0.2) is 0 Å². The van der Waals surface area contributed by atoms with Crippen molar-refractivity contribution in [3.8, 4) is 5.75 Å². The van der Waals surface area contributed by atoms with E-state index in [1.165, 1.54) is 17.4 Å². The molecule has 1 saturated heterocycles. The molecule has 1 fully saturated rings. The third-order valence-corrected chi connectivity index (χ3v) is 8.67. The highest BCUT2D eigenvalue weighted by atomic mass is 35.5. The predicted molar refractivity (Wildman–Crippen MR) is 151 cm³/mol. The number of para-hydroxylation sites is 1. The topological polar surface area (TPSA) is 56.2 Å². The summed E-state index contributed by atoms with van der Waals surface area (Å²) < 4.78 is 5.27. The van der Waals surface area contributed by atoms with Gasteiger partial charge in [0.15, 0.2) is 0 Å². The van der Waals surface area contributed by atoms with Gasteiger partial charge in [-0.05, 0) is 61.0 Å². The van der Waals surface area contributed by atoms with Crippen LogP contribution in [0.25, 0.3) is 0 Å². The molecular weight excluding hydrogens is 506 g/mol. The molecule has 2 atom stereocenters. The van der Waals surface area contributed by atoms with E-state index in [2.05, 4.69) is 34.1 Å². The number of amides is 1. The maximum Gasteiger partial charge on any atom is 0.257 e. The van der Waals surface area contributed by atoms with Crippen LogP contribution in [-0.4, -0.2) is 68.4 Å². The van der Waals surface area contributed by atoms with E-state index in [-0.39, 0.29) is 5.91 Å². The Morgan fingerprint density at radius 3 is 2.41 bits per heavy atom. The van der Waals surface area contributed by atoms with E-state index in [1.54, 1.807) is 12.0 Å². The molecule has 194 valence electrons. The van der Waals surface area contributed by atoms with Crippen molar-refractivity contribution in [3.05, 3.63) is 83.4 Å². The Balaban J connectivity index is 1.26. The van der Waals surface area contributed by atoms with Crippen molar-refractivity contribution < 1.29 is 14.6 Å². The van der Waals surface area contributed by atoms with Crippen LogP contribution in [0.2, 0.25) is 5.02 Å². The lowest BCUT2D eigenvalue weighted by atomic mass is 10.1. The number of carbonyl (C=O) groups excluding carboxylic acids is 1. The number of piperazine rings is 1. The molecule has 8 heteroatoms. The van der Waals surface area contributed by atoms with Crippen molar-refractivity contribution in [3.63, 3.8) is 0 Å². The lowest BCUT2D eigenvalue weighted by Gasteiger charge is -2.36. The summed E-state index contributed by atoms with van der Waals surface area (Å²) in [5, 5.41) is 11.4. The quantitative estimate of drug-likeness (QED) is 0.452. The van der Waals surface area contributed by atoms with E-state index >= 15 is 0 Å². The van der Waals surface area contributed by atoms with Crippen molar-refractivity contribution in [2.75, 3.05) is 56.2 Å². The molecular formula is C29H32ClN3O3S. The van der Waals surface area contributed by atoms with Crippen LogP contribution in [0.15, 0.2) is 77.7 Å². The summed E-state index contributed by atoms with van der Waals surface area (Å²) >= 11 is 7.82. The van der Waals surface area contributed by atoms with Gasteiger partial charge in [-0.2, -0.15) is 0 Å². The smallest absolute Gasteiger partial charge is 0.257 e. The fourth-order valence-electron chi connectivity index (χ4n) is 5.01. The first-order valence-corrected chi connectivity index (χ1v) is 13.9. The molecule has 6 nitrogen and oxygen atoms in total. The Kier molecular flexibility index (Phi) is 8.25. The van der Waals surface area contributed by atoms with Gasteiger partial charge in [-0.3, -0.25) is 9.69 Å². The van der Waals surface area contributed by atoms with Gasteiger partial charge >= 0.3 is 0 Å². The Labute approximate surface area is 227 Å². The lowest BCUT2D eigenvalue weighted by Crippen LogP contribution is -2.47. The second kappa shape index (κ2) is 11.8. The average molecular weight is 538 g/mol. The Morgan fingerprint density at radius 2 is 1.70 bits per heavy atom. The van der Waals surface area contributed by atoms with Gasteiger partial charge in [0, 0.05) is 48.3 Å². The van der Waals surface area contributed by atoms with Gasteiger partial charge in [0.05, 0.1) is 18.0 Å². The summed E-state index contributed by atoms with van der Waals surface area (Å²) in [6.07, 6.45) is -0.344. The number of carbonyl (C=O) groups is 1. The average Bonchev–Trinajstić information content (AvgIpc) is 3.04. The third kappa shape index (κ3) is 5.91. The summed E-state index contributed by atoms with van der Waals surface area (Å²) in [7, 11) is 1.62. The molecule has 1 N–H and O–H groups in total. The van der Waals surface area contributed by atoms with Crippen LogP contribution in [-0.2, 0) is 4.79 Å². The van der Waals surface area contributed by atoms with Gasteiger partial charge < -0.3 is 19.6 Å². The van der Waals surface area contributed by atoms with E-state index in [1.807, 2.05) is 48.5 Å². The van der Waals surface area contributed by atoms with Gasteiger partial charge in [0.25, 0.3) is 5.91 Å². The molecule has 5 rings (SSSR count). The number of benzene rings is 3. The third-order valence-electron chi connectivity index (χ3n) is 7.07. The fourth-order valence-corrected chi connectivity index (χ4v) is 6.55. The second-order valence-electron chi connectivity index (χ2n) is 9.38. The highest BCUT2D eigenvalue weighted by Crippen LogP contribution is 2.46. The number of nitrogens with zero attached hydrogens (tertiary/aromatic N) is 3. The zero-order chi connectivity index (χ0) is 25.8. The molecule has 2 aliphatic heterocycles. The van der Waals surface area contributed by atoms with Crippen LogP contribution >= 0.6 is 23.4 Å². The second-order valence-corrected chi connectivity index (χ2v) is 11.0. The maximum absolute atomic E-state index is 13.6. The number of anilines is 2. The monoisotopic (exact) mass is 537 g/mol. The molecule has 3 aromatic carbocycles. The van der Waals surface area contributed by atoms with E-state index in [0.29, 0.717) is 11.6 Å². The number of thioether (sulfide) groups is 1. The fraction of sp³-hybridized carbons (Fsp3) is 0.345. The first kappa shape index (κ1) is 25.9. The number of halogens is 1. The van der Waals surface area contributed by atoms with Crippen LogP contribution in [0.5, 0.6) is 5.75 Å². The number of hydrogen-bond acceptors (Lipinski definition) is 6. The minimum atomic E-state index is -1.17. The number of aliphatic hydroxyl groups is 1. The summed E-state index contributed by atoms with van der Waals surface area (Å²) in [6, 6.07) is 23.6. The first-order valence-electron chi connectivity index (χ1n) is 12.7. The van der Waals surface area contributed by atoms with Gasteiger partial charge in [0.2, 0.25) is 0 Å². The molecule has 3 aromatic rings. The minimum absolute atomic E-state index is 0.275. The lowest BCUT2D eigenvalue weighted by molar-refractivity contribution is -0.126. The highest BCUT2D eigenvalue weighted by Gasteiger charge is 2.37. The number of methoxy groups -OCH3 is 1. The molecule has 0 unspecified atom stereocenters. The zero-order valence-corrected chi connectivity index (χ0v) is 22.5. The van der Waals surface area contributed by atoms with Crippen molar-refractivity contribution in [1.29, 1.82) is 0 Å². The molecule has 0 radical (unpaired) electrons. The van der Waals surface area contributed by atoms with E-state index < -0.39 is 11.4 Å². The molecule has 0 spiro atoms. The van der Waals surface area contributed by atoms with Crippen LogP contribution in [0.3, 0.4) is 0 Å². The van der Waals surface area contributed by atoms with Gasteiger partial charge in [0.1, 0.15) is 11.9 Å². The molecule has 2 aliphatic rings. The van der Waals surface area contributed by atoms with Crippen molar-refractivity contribution in [2.45, 2.75) is 22.7 Å². The summed E-state index contributed by atoms with van der Waals surface area (Å²) in [4.78, 5) is 21.1. The first-order chi connectivity index (χ1) is 18.0. The van der Waals surface area contributed by atoms with Crippen LogP contribution in [0.1, 0.15) is 17.2 Å². The van der Waals surface area contributed by atoms with E-state index in [0.717, 1.165) is 61.0 Å². The van der Waals surface area contributed by atoms with Crippen molar-refractivity contribution >= 4 is 40.6 Å². The molecule has 0 saturated carbocycles. The molecule has 0 bridgehead atoms. The normalized spacial score (nSPS) is 20.5. The zero-order valence-electron chi connectivity index (χ0n) is 20.9. The Hall–Kier alpha value is -2.71. The van der Waals surface area contributed by atoms with E-state index in [9.17, 15) is 9.90 Å². The van der Waals surface area contributed by atoms with E-state index in [4.69, 9.17) is 16.3 Å². The predicted octanol–water partition coefficient (Wildman–Crippen LogP) is 5.10. The molecule has 2 heterocycles. The molecule has 0 aliphatic carbocycles. The van der Waals surface area contributed by atoms with Crippen LogP contribution in [0, 0.1) is 0 Å². The molecule has 0 aromatic heterocycles. The summed E-state index contributed by atoms with van der Waals surface area (Å²) in [5.41, 5.74) is 2.95. The number of rotatable bonds is 7. The van der Waals surface area contributed by atoms with Crippen molar-refractivity contribution in [1.82, 2.24) is 4.90 Å². The number of fused-ring (bicyclic) bond motifs is 1. The van der Waals surface area contributed by atoms with Gasteiger partial charge in [-0.15, -0.1) is 11.8 Å². The molecule has 1 amide bonds. The van der Waals surface area contributed by atoms with Crippen molar-refractivity contribution in [2.24, 2.45) is 0 Å².